The molecule has 0 unspecified atom stereocenters. The van der Waals surface area contributed by atoms with Crippen LogP contribution in [0.4, 0.5) is 4.79 Å². The van der Waals surface area contributed by atoms with E-state index >= 15 is 0 Å². The van der Waals surface area contributed by atoms with Crippen molar-refractivity contribution in [3.05, 3.63) is 124 Å². The molecule has 0 N–H and O–H groups in total. The maximum atomic E-state index is 13.3. The van der Waals surface area contributed by atoms with Gasteiger partial charge in [-0.2, -0.15) is 0 Å². The molecule has 1 saturated heterocycles. The Morgan fingerprint density at radius 2 is 1.43 bits per heavy atom. The van der Waals surface area contributed by atoms with Crippen molar-refractivity contribution in [2.45, 2.75) is 6.61 Å². The fourth-order valence-corrected chi connectivity index (χ4v) is 5.66. The average Bonchev–Trinajstić information content (AvgIpc) is 3.25. The Morgan fingerprint density at radius 3 is 2.23 bits per heavy atom. The van der Waals surface area contributed by atoms with Crippen LogP contribution in [0, 0.1) is 0 Å². The highest BCUT2D eigenvalue weighted by molar-refractivity contribution is 8.18. The van der Waals surface area contributed by atoms with Crippen molar-refractivity contribution >= 4 is 62.1 Å². The number of nitrogens with zero attached hydrogens (tertiary/aromatic N) is 1. The molecule has 5 nitrogen and oxygen atoms in total. The molecule has 0 saturated carbocycles. The second-order valence-corrected chi connectivity index (χ2v) is 10.7. The van der Waals surface area contributed by atoms with Crippen LogP contribution < -0.4 is 9.47 Å². The molecular weight excluding hydrogens is 542 g/mol. The number of carbonyl (C=O) groups excluding carboxylic acids is 2. The van der Waals surface area contributed by atoms with Crippen LogP contribution in [0.3, 0.4) is 0 Å². The minimum absolute atomic E-state index is 0.153. The van der Waals surface area contributed by atoms with Gasteiger partial charge in [-0.3, -0.25) is 14.5 Å². The van der Waals surface area contributed by atoms with Gasteiger partial charge in [-0.1, -0.05) is 90.5 Å². The second-order valence-electron chi connectivity index (χ2n) is 9.27. The predicted molar refractivity (Wildman–Crippen MR) is 162 cm³/mol. The van der Waals surface area contributed by atoms with Gasteiger partial charge in [-0.05, 0) is 63.8 Å². The fraction of sp³-hybridized carbons (Fsp3) is 0.0909. The first-order valence-corrected chi connectivity index (χ1v) is 14.0. The van der Waals surface area contributed by atoms with Crippen molar-refractivity contribution in [3.63, 3.8) is 0 Å². The zero-order valence-corrected chi connectivity index (χ0v) is 23.0. The van der Waals surface area contributed by atoms with Crippen LogP contribution in [0.5, 0.6) is 11.5 Å². The summed E-state index contributed by atoms with van der Waals surface area (Å²) in [5.41, 5.74) is 1.72. The van der Waals surface area contributed by atoms with E-state index in [2.05, 4.69) is 0 Å². The molecule has 1 fully saturated rings. The van der Waals surface area contributed by atoms with Gasteiger partial charge >= 0.3 is 0 Å². The highest BCUT2D eigenvalue weighted by Crippen LogP contribution is 2.37. The maximum absolute atomic E-state index is 13.3. The number of carbonyl (C=O) groups is 2. The molecule has 0 atom stereocenters. The van der Waals surface area contributed by atoms with Crippen LogP contribution in [0.25, 0.3) is 27.6 Å². The number of hydrogen-bond donors (Lipinski definition) is 0. The number of imide groups is 1. The molecule has 7 heteroatoms. The Bertz CT molecular complexity index is 1760. The Balaban J connectivity index is 1.22. The zero-order chi connectivity index (χ0) is 27.5. The largest absolute Gasteiger partial charge is 0.491 e. The van der Waals surface area contributed by atoms with Crippen LogP contribution in [0.2, 0.25) is 5.02 Å². The van der Waals surface area contributed by atoms with Crippen molar-refractivity contribution < 1.29 is 19.1 Å². The van der Waals surface area contributed by atoms with Gasteiger partial charge in [-0.25, -0.2) is 0 Å². The topological polar surface area (TPSA) is 55.8 Å². The number of thioether (sulfide) groups is 1. The van der Waals surface area contributed by atoms with E-state index in [9.17, 15) is 9.59 Å². The highest BCUT2D eigenvalue weighted by Gasteiger charge is 2.35. The predicted octanol–water partition coefficient (Wildman–Crippen LogP) is 8.34. The summed E-state index contributed by atoms with van der Waals surface area (Å²) in [6.07, 6.45) is 1.76. The SMILES string of the molecule is O=C1S/C(=C\c2c(OCc3ccc(Cl)cc3)ccc3ccccc23)C(=O)N1CCOc1cccc2ccccc12. The normalized spacial score (nSPS) is 14.4. The summed E-state index contributed by atoms with van der Waals surface area (Å²) in [6.45, 7) is 0.688. The van der Waals surface area contributed by atoms with Gasteiger partial charge in [0.2, 0.25) is 0 Å². The second kappa shape index (κ2) is 11.5. The molecule has 198 valence electrons. The number of halogens is 1. The Morgan fingerprint density at radius 1 is 0.725 bits per heavy atom. The third-order valence-electron chi connectivity index (χ3n) is 6.71. The molecule has 5 aromatic carbocycles. The number of fused-ring (bicyclic) bond motifs is 2. The minimum atomic E-state index is -0.340. The molecule has 40 heavy (non-hydrogen) atoms. The summed E-state index contributed by atoms with van der Waals surface area (Å²) >= 11 is 6.95. The van der Waals surface area contributed by atoms with Crippen LogP contribution in [-0.2, 0) is 11.4 Å². The molecule has 1 heterocycles. The molecule has 1 aliphatic heterocycles. The van der Waals surface area contributed by atoms with Crippen LogP contribution >= 0.6 is 23.4 Å². The van der Waals surface area contributed by atoms with E-state index < -0.39 is 0 Å². The quantitative estimate of drug-likeness (QED) is 0.177. The van der Waals surface area contributed by atoms with Crippen molar-refractivity contribution in [1.82, 2.24) is 4.90 Å². The van der Waals surface area contributed by atoms with E-state index in [4.69, 9.17) is 21.1 Å². The van der Waals surface area contributed by atoms with E-state index in [-0.39, 0.29) is 24.3 Å². The van der Waals surface area contributed by atoms with Gasteiger partial charge in [0.15, 0.2) is 0 Å². The van der Waals surface area contributed by atoms with E-state index in [1.165, 1.54) is 4.90 Å². The molecule has 6 rings (SSSR count). The number of ether oxygens (including phenoxy) is 2. The van der Waals surface area contributed by atoms with Crippen LogP contribution in [-0.4, -0.2) is 29.2 Å². The Kier molecular flexibility index (Phi) is 7.45. The Labute approximate surface area is 241 Å². The third-order valence-corrected chi connectivity index (χ3v) is 7.87. The van der Waals surface area contributed by atoms with E-state index in [0.29, 0.717) is 22.3 Å². The van der Waals surface area contributed by atoms with Crippen molar-refractivity contribution in [2.75, 3.05) is 13.2 Å². The summed E-state index contributed by atoms with van der Waals surface area (Å²) in [6, 6.07) is 33.0. The number of benzene rings is 5. The van der Waals surface area contributed by atoms with Crippen LogP contribution in [0.15, 0.2) is 108 Å². The molecule has 0 aliphatic carbocycles. The van der Waals surface area contributed by atoms with E-state index in [0.717, 1.165) is 50.2 Å². The van der Waals surface area contributed by atoms with E-state index in [1.807, 2.05) is 103 Å². The molecule has 0 radical (unpaired) electrons. The maximum Gasteiger partial charge on any atom is 0.293 e. The fourth-order valence-electron chi connectivity index (χ4n) is 4.68. The number of amides is 2. The zero-order valence-electron chi connectivity index (χ0n) is 21.4. The van der Waals surface area contributed by atoms with Crippen LogP contribution in [0.1, 0.15) is 11.1 Å². The molecular formula is C33H24ClNO4S. The molecule has 0 aromatic heterocycles. The van der Waals surface area contributed by atoms with Crippen molar-refractivity contribution in [3.8, 4) is 11.5 Å². The molecule has 0 bridgehead atoms. The molecule has 5 aromatic rings. The van der Waals surface area contributed by atoms with Gasteiger partial charge < -0.3 is 9.47 Å². The molecule has 2 amide bonds. The van der Waals surface area contributed by atoms with E-state index in [1.54, 1.807) is 6.08 Å². The lowest BCUT2D eigenvalue weighted by Gasteiger charge is -2.15. The van der Waals surface area contributed by atoms with Gasteiger partial charge in [-0.15, -0.1) is 0 Å². The third kappa shape index (κ3) is 5.41. The van der Waals surface area contributed by atoms with Gasteiger partial charge in [0.1, 0.15) is 24.7 Å². The summed E-state index contributed by atoms with van der Waals surface area (Å²) in [7, 11) is 0. The molecule has 0 spiro atoms. The van der Waals surface area contributed by atoms with Gasteiger partial charge in [0.25, 0.3) is 11.1 Å². The van der Waals surface area contributed by atoms with Crippen molar-refractivity contribution in [1.29, 1.82) is 0 Å². The number of rotatable bonds is 8. The Hall–Kier alpha value is -4.26. The first kappa shape index (κ1) is 26.0. The molecule has 1 aliphatic rings. The minimum Gasteiger partial charge on any atom is -0.491 e. The smallest absolute Gasteiger partial charge is 0.293 e. The standard InChI is InChI=1S/C33H24ClNO4S/c34-25-15-12-22(13-16-25)21-39-30-17-14-24-7-1-3-9-26(24)28(30)20-31-32(36)35(33(37)40-31)18-19-38-29-11-5-8-23-6-2-4-10-27(23)29/h1-17,20H,18-19,21H2/b31-20-. The highest BCUT2D eigenvalue weighted by atomic mass is 35.5. The lowest BCUT2D eigenvalue weighted by atomic mass is 10.0. The first-order chi connectivity index (χ1) is 19.6. The van der Waals surface area contributed by atoms with Crippen molar-refractivity contribution in [2.24, 2.45) is 0 Å². The summed E-state index contributed by atoms with van der Waals surface area (Å²) in [4.78, 5) is 27.8. The lowest BCUT2D eigenvalue weighted by molar-refractivity contribution is -0.123. The summed E-state index contributed by atoms with van der Waals surface area (Å²) in [5.74, 6) is 1.01. The van der Waals surface area contributed by atoms with Gasteiger partial charge in [0.05, 0.1) is 11.4 Å². The number of hydrogen-bond acceptors (Lipinski definition) is 5. The first-order valence-electron chi connectivity index (χ1n) is 12.8. The summed E-state index contributed by atoms with van der Waals surface area (Å²) in [5, 5.41) is 4.34. The summed E-state index contributed by atoms with van der Waals surface area (Å²) < 4.78 is 12.2. The monoisotopic (exact) mass is 565 g/mol. The van der Waals surface area contributed by atoms with Gasteiger partial charge in [0, 0.05) is 16.0 Å². The average molecular weight is 566 g/mol. The lowest BCUT2D eigenvalue weighted by Crippen LogP contribution is -2.32.